The highest BCUT2D eigenvalue weighted by atomic mass is 32.2. The van der Waals surface area contributed by atoms with Crippen molar-refractivity contribution in [3.8, 4) is 0 Å². The number of amides is 1. The quantitative estimate of drug-likeness (QED) is 0.507. The second-order valence-corrected chi connectivity index (χ2v) is 11.3. The van der Waals surface area contributed by atoms with Crippen molar-refractivity contribution in [2.75, 3.05) is 11.5 Å². The molecule has 1 aromatic carbocycles. The second kappa shape index (κ2) is 9.01. The number of nitrogens with zero attached hydrogens (tertiary/aromatic N) is 5. The van der Waals surface area contributed by atoms with Gasteiger partial charge >= 0.3 is 0 Å². The fourth-order valence-corrected chi connectivity index (χ4v) is 6.60. The number of carbonyl (C=O) groups is 1. The molecule has 0 radical (unpaired) electrons. The topological polar surface area (TPSA) is 120 Å². The van der Waals surface area contributed by atoms with Crippen molar-refractivity contribution in [1.82, 2.24) is 30.3 Å². The van der Waals surface area contributed by atoms with Crippen molar-refractivity contribution < 1.29 is 17.6 Å². The summed E-state index contributed by atoms with van der Waals surface area (Å²) in [7, 11) is -1.18. The molecule has 4 rings (SSSR count). The Kier molecular flexibility index (Phi) is 6.34. The van der Waals surface area contributed by atoms with Crippen molar-refractivity contribution in [2.45, 2.75) is 29.8 Å². The summed E-state index contributed by atoms with van der Waals surface area (Å²) in [5, 5.41) is 20.6. The number of nitrogens with one attached hydrogen (secondary N) is 1. The first-order valence-electron chi connectivity index (χ1n) is 9.38. The van der Waals surface area contributed by atoms with Gasteiger partial charge in [0.15, 0.2) is 15.0 Å². The van der Waals surface area contributed by atoms with E-state index >= 15 is 0 Å². The van der Waals surface area contributed by atoms with Gasteiger partial charge in [-0.05, 0) is 24.1 Å². The van der Waals surface area contributed by atoms with Crippen molar-refractivity contribution in [3.63, 3.8) is 0 Å². The van der Waals surface area contributed by atoms with Crippen LogP contribution in [0.5, 0.6) is 0 Å². The molecule has 0 aliphatic carbocycles. The van der Waals surface area contributed by atoms with Gasteiger partial charge in [-0.25, -0.2) is 12.8 Å². The minimum atomic E-state index is -3.00. The molecule has 1 atom stereocenters. The third-order valence-electron chi connectivity index (χ3n) is 4.82. The molecule has 1 amide bonds. The predicted octanol–water partition coefficient (Wildman–Crippen LogP) is 1.93. The maximum atomic E-state index is 12.9. The van der Waals surface area contributed by atoms with Gasteiger partial charge in [-0.2, -0.15) is 0 Å². The average Bonchev–Trinajstić information content (AvgIpc) is 3.44. The Morgan fingerprint density at radius 2 is 2.03 bits per heavy atom. The molecule has 1 fully saturated rings. The van der Waals surface area contributed by atoms with Crippen molar-refractivity contribution in [3.05, 3.63) is 51.5 Å². The summed E-state index contributed by atoms with van der Waals surface area (Å²) in [4.78, 5) is 12.3. The molecular formula is C18H19FN6O3S3. The first-order valence-corrected chi connectivity index (χ1v) is 13.0. The van der Waals surface area contributed by atoms with Crippen molar-refractivity contribution >= 4 is 38.8 Å². The van der Waals surface area contributed by atoms with Crippen LogP contribution in [0.1, 0.15) is 38.5 Å². The Bertz CT molecular complexity index is 1190. The third-order valence-corrected chi connectivity index (χ3v) is 8.72. The van der Waals surface area contributed by atoms with Gasteiger partial charge in [-0.15, -0.1) is 20.4 Å². The van der Waals surface area contributed by atoms with E-state index in [9.17, 15) is 17.6 Å². The van der Waals surface area contributed by atoms with E-state index in [1.54, 1.807) is 12.1 Å². The van der Waals surface area contributed by atoms with Gasteiger partial charge in [0, 0.05) is 19.5 Å². The van der Waals surface area contributed by atoms with Crippen LogP contribution in [0.4, 0.5) is 4.39 Å². The molecule has 0 saturated carbocycles. The number of halogens is 1. The first-order chi connectivity index (χ1) is 14.8. The van der Waals surface area contributed by atoms with Crippen LogP contribution in [0.3, 0.4) is 0 Å². The summed E-state index contributed by atoms with van der Waals surface area (Å²) in [5.41, 5.74) is 0.781. The molecule has 1 N–H and O–H groups in total. The normalized spacial score (nSPS) is 17.7. The molecule has 31 heavy (non-hydrogen) atoms. The summed E-state index contributed by atoms with van der Waals surface area (Å²) in [5.74, 6) is 0.612. The zero-order valence-corrected chi connectivity index (χ0v) is 18.9. The van der Waals surface area contributed by atoms with Crippen LogP contribution in [0.2, 0.25) is 0 Å². The molecule has 1 aliphatic heterocycles. The van der Waals surface area contributed by atoms with Gasteiger partial charge < -0.3 is 9.88 Å². The van der Waals surface area contributed by atoms with Gasteiger partial charge in [0.2, 0.25) is 5.01 Å². The van der Waals surface area contributed by atoms with E-state index in [1.807, 2.05) is 11.6 Å². The largest absolute Gasteiger partial charge is 0.346 e. The zero-order chi connectivity index (χ0) is 22.0. The van der Waals surface area contributed by atoms with Crippen LogP contribution in [0.25, 0.3) is 0 Å². The van der Waals surface area contributed by atoms with Crippen LogP contribution in [0, 0.1) is 5.82 Å². The molecular weight excluding hydrogens is 463 g/mol. The molecule has 2 aromatic heterocycles. The monoisotopic (exact) mass is 482 g/mol. The van der Waals surface area contributed by atoms with Crippen LogP contribution < -0.4 is 5.32 Å². The number of hydrogen-bond donors (Lipinski definition) is 1. The molecule has 9 nitrogen and oxygen atoms in total. The lowest BCUT2D eigenvalue weighted by Gasteiger charge is -2.07. The minimum Gasteiger partial charge on any atom is -0.346 e. The Hall–Kier alpha value is -2.38. The Morgan fingerprint density at radius 3 is 2.74 bits per heavy atom. The van der Waals surface area contributed by atoms with E-state index in [-0.39, 0.29) is 40.7 Å². The molecule has 3 aromatic rings. The molecule has 0 spiro atoms. The van der Waals surface area contributed by atoms with E-state index in [1.165, 1.54) is 35.2 Å². The van der Waals surface area contributed by atoms with Crippen molar-refractivity contribution in [2.24, 2.45) is 7.05 Å². The molecule has 164 valence electrons. The van der Waals surface area contributed by atoms with E-state index in [2.05, 4.69) is 25.7 Å². The Balaban J connectivity index is 1.32. The highest BCUT2D eigenvalue weighted by Gasteiger charge is 2.32. The Morgan fingerprint density at radius 1 is 1.26 bits per heavy atom. The van der Waals surface area contributed by atoms with E-state index in [0.717, 1.165) is 5.56 Å². The second-order valence-electron chi connectivity index (χ2n) is 7.10. The molecule has 13 heteroatoms. The standard InChI is InChI=1S/C18H19FN6O3S3/c1-25-15(12-6-7-31(27,28)10-12)22-24-18(25)29-9-14-21-23-17(30-14)16(26)20-8-11-2-4-13(19)5-3-11/h2-5,12H,6-10H2,1H3,(H,20,26)/t12-/m0/s1. The van der Waals surface area contributed by atoms with Gasteiger partial charge in [0.25, 0.3) is 5.91 Å². The first kappa shape index (κ1) is 21.8. The fourth-order valence-electron chi connectivity index (χ4n) is 3.20. The molecule has 0 unspecified atom stereocenters. The molecule has 0 bridgehead atoms. The van der Waals surface area contributed by atoms with Gasteiger partial charge in [0.05, 0.1) is 17.3 Å². The van der Waals surface area contributed by atoms with Crippen LogP contribution in [0.15, 0.2) is 29.4 Å². The minimum absolute atomic E-state index is 0.108. The summed E-state index contributed by atoms with van der Waals surface area (Å²) in [6.45, 7) is 0.265. The number of rotatable bonds is 7. The SMILES string of the molecule is Cn1c(SCc2nnc(C(=O)NCc3ccc(F)cc3)s2)nnc1[C@H]1CCS(=O)(=O)C1. The fraction of sp³-hybridized carbons (Fsp3) is 0.389. The van der Waals surface area contributed by atoms with Gasteiger partial charge in [-0.1, -0.05) is 35.2 Å². The summed E-state index contributed by atoms with van der Waals surface area (Å²) in [6, 6.07) is 5.89. The smallest absolute Gasteiger partial charge is 0.282 e. The number of hydrogen-bond acceptors (Lipinski definition) is 9. The average molecular weight is 483 g/mol. The number of benzene rings is 1. The lowest BCUT2D eigenvalue weighted by atomic mass is 10.1. The van der Waals surface area contributed by atoms with Crippen molar-refractivity contribution in [1.29, 1.82) is 0 Å². The number of sulfone groups is 1. The van der Waals surface area contributed by atoms with Crippen LogP contribution in [-0.2, 0) is 29.2 Å². The predicted molar refractivity (Wildman–Crippen MR) is 114 cm³/mol. The summed E-state index contributed by atoms with van der Waals surface area (Å²) in [6.07, 6.45) is 0.561. The van der Waals surface area contributed by atoms with Crippen LogP contribution >= 0.6 is 23.1 Å². The van der Waals surface area contributed by atoms with E-state index in [0.29, 0.717) is 28.2 Å². The third kappa shape index (κ3) is 5.28. The molecule has 1 aliphatic rings. The van der Waals surface area contributed by atoms with Crippen LogP contribution in [-0.4, -0.2) is 50.8 Å². The van der Waals surface area contributed by atoms with Gasteiger partial charge in [-0.3, -0.25) is 4.79 Å². The maximum Gasteiger partial charge on any atom is 0.282 e. The lowest BCUT2D eigenvalue weighted by molar-refractivity contribution is 0.0950. The zero-order valence-electron chi connectivity index (χ0n) is 16.5. The van der Waals surface area contributed by atoms with Gasteiger partial charge in [0.1, 0.15) is 16.6 Å². The Labute approximate surface area is 186 Å². The maximum absolute atomic E-state index is 12.9. The number of carbonyl (C=O) groups excluding carboxylic acids is 1. The lowest BCUT2D eigenvalue weighted by Crippen LogP contribution is -2.22. The van der Waals surface area contributed by atoms with E-state index in [4.69, 9.17) is 0 Å². The van der Waals surface area contributed by atoms with E-state index < -0.39 is 9.84 Å². The number of aromatic nitrogens is 5. The summed E-state index contributed by atoms with van der Waals surface area (Å²) >= 11 is 2.58. The molecule has 3 heterocycles. The molecule has 1 saturated heterocycles. The highest BCUT2D eigenvalue weighted by molar-refractivity contribution is 7.98. The highest BCUT2D eigenvalue weighted by Crippen LogP contribution is 2.30. The summed E-state index contributed by atoms with van der Waals surface area (Å²) < 4.78 is 38.2. The number of thioether (sulfide) groups is 1.